The minimum Gasteiger partial charge on any atom is -0.457 e. The first kappa shape index (κ1) is 24.5. The van der Waals surface area contributed by atoms with E-state index in [4.69, 9.17) is 10.5 Å². The molecule has 0 radical (unpaired) electrons. The Labute approximate surface area is 210 Å². The van der Waals surface area contributed by atoms with Gasteiger partial charge in [-0.25, -0.2) is 14.8 Å². The maximum absolute atomic E-state index is 13.0. The first-order valence-corrected chi connectivity index (χ1v) is 11.5. The molecule has 1 fully saturated rings. The van der Waals surface area contributed by atoms with Gasteiger partial charge in [0.15, 0.2) is 5.84 Å². The highest BCUT2D eigenvalue weighted by molar-refractivity contribution is 6.01. The Morgan fingerprint density at radius 1 is 0.861 bits per heavy atom. The number of amidine groups is 1. The maximum Gasteiger partial charge on any atom is 0.340 e. The van der Waals surface area contributed by atoms with Gasteiger partial charge in [0.1, 0.15) is 11.5 Å². The Hall–Kier alpha value is -4.66. The Kier molecular flexibility index (Phi) is 7.60. The van der Waals surface area contributed by atoms with Crippen LogP contribution in [0.4, 0.5) is 10.5 Å². The second kappa shape index (κ2) is 11.2. The molecule has 9 heteroatoms. The number of hydrogen-bond donors (Lipinski definition) is 1. The minimum atomic E-state index is -0.493. The average Bonchev–Trinajstić information content (AvgIpc) is 2.92. The first-order valence-electron chi connectivity index (χ1n) is 11.5. The summed E-state index contributed by atoms with van der Waals surface area (Å²) in [5, 5.41) is 5.69. The van der Waals surface area contributed by atoms with Crippen LogP contribution in [0.25, 0.3) is 0 Å². The molecule has 0 aromatic heterocycles. The summed E-state index contributed by atoms with van der Waals surface area (Å²) in [6.07, 6.45) is 0. The summed E-state index contributed by atoms with van der Waals surface area (Å²) in [7, 11) is 1.62. The normalized spacial score (nSPS) is 13.8. The Bertz CT molecular complexity index is 1230. The number of urea groups is 1. The third-order valence-electron chi connectivity index (χ3n) is 5.83. The summed E-state index contributed by atoms with van der Waals surface area (Å²) in [4.78, 5) is 32.2. The molecule has 0 saturated carbocycles. The molecule has 3 amide bonds. The number of amides is 3. The number of hydrogen-bond acceptors (Lipinski definition) is 5. The van der Waals surface area contributed by atoms with Gasteiger partial charge in [0, 0.05) is 50.0 Å². The zero-order valence-corrected chi connectivity index (χ0v) is 20.1. The molecule has 3 aromatic rings. The van der Waals surface area contributed by atoms with Crippen molar-refractivity contribution in [2.75, 3.05) is 38.1 Å². The molecule has 1 saturated heterocycles. The Morgan fingerprint density at radius 3 is 1.94 bits per heavy atom. The molecule has 4 rings (SSSR count). The number of aliphatic imine (C=N–C) groups is 1. The van der Waals surface area contributed by atoms with E-state index < -0.39 is 5.91 Å². The van der Waals surface area contributed by atoms with Crippen LogP contribution >= 0.6 is 0 Å². The van der Waals surface area contributed by atoms with E-state index in [0.717, 1.165) is 18.8 Å². The molecule has 9 nitrogen and oxygen atoms in total. The Balaban J connectivity index is 1.36. The van der Waals surface area contributed by atoms with Crippen LogP contribution in [0.3, 0.4) is 0 Å². The largest absolute Gasteiger partial charge is 0.457 e. The summed E-state index contributed by atoms with van der Waals surface area (Å²) in [6, 6.07) is 23.6. The summed E-state index contributed by atoms with van der Waals surface area (Å²) < 4.78 is 5.81. The third-order valence-corrected chi connectivity index (χ3v) is 5.83. The fourth-order valence-corrected chi connectivity index (χ4v) is 3.86. The van der Waals surface area contributed by atoms with Crippen LogP contribution in [0.5, 0.6) is 11.5 Å². The van der Waals surface area contributed by atoms with Crippen LogP contribution in [0.2, 0.25) is 0 Å². The van der Waals surface area contributed by atoms with E-state index in [1.165, 1.54) is 5.01 Å². The third kappa shape index (κ3) is 5.87. The van der Waals surface area contributed by atoms with Crippen LogP contribution in [-0.2, 0) is 0 Å². The molecule has 1 aliphatic rings. The molecule has 36 heavy (non-hydrogen) atoms. The lowest BCUT2D eigenvalue weighted by Crippen LogP contribution is -2.51. The summed E-state index contributed by atoms with van der Waals surface area (Å²) in [6.45, 7) is 6.34. The number of carbonyl (C=O) groups is 2. The quantitative estimate of drug-likeness (QED) is 0.326. The highest BCUT2D eigenvalue weighted by atomic mass is 16.5. The number of carbonyl (C=O) groups excluding carboxylic acids is 2. The fraction of sp³-hybridized carbons (Fsp3) is 0.185. The zero-order valence-electron chi connectivity index (χ0n) is 20.1. The number of benzene rings is 3. The lowest BCUT2D eigenvalue weighted by Gasteiger charge is -2.36. The minimum absolute atomic E-state index is 0.191. The van der Waals surface area contributed by atoms with Crippen molar-refractivity contribution in [3.05, 3.63) is 90.0 Å². The van der Waals surface area contributed by atoms with Gasteiger partial charge in [0.25, 0.3) is 0 Å². The highest BCUT2D eigenvalue weighted by Crippen LogP contribution is 2.23. The average molecular weight is 485 g/mol. The van der Waals surface area contributed by atoms with Crippen LogP contribution in [0.1, 0.15) is 15.9 Å². The monoisotopic (exact) mass is 484 g/mol. The van der Waals surface area contributed by atoms with Gasteiger partial charge < -0.3 is 20.3 Å². The second-order valence-electron chi connectivity index (χ2n) is 8.21. The van der Waals surface area contributed by atoms with Gasteiger partial charge in [0.05, 0.1) is 0 Å². The number of anilines is 1. The summed E-state index contributed by atoms with van der Waals surface area (Å²) in [5.41, 5.74) is 7.52. The van der Waals surface area contributed by atoms with Gasteiger partial charge in [-0.1, -0.05) is 18.2 Å². The molecule has 2 N–H and O–H groups in total. The Morgan fingerprint density at radius 2 is 1.42 bits per heavy atom. The lowest BCUT2D eigenvalue weighted by atomic mass is 10.2. The zero-order chi connectivity index (χ0) is 25.5. The molecular formula is C27H28N6O3. The van der Waals surface area contributed by atoms with Crippen LogP contribution in [0, 0.1) is 0 Å². The molecule has 184 valence electrons. The van der Waals surface area contributed by atoms with Crippen molar-refractivity contribution in [3.63, 3.8) is 0 Å². The highest BCUT2D eigenvalue weighted by Gasteiger charge is 2.24. The predicted octanol–water partition coefficient (Wildman–Crippen LogP) is 3.81. The van der Waals surface area contributed by atoms with Crippen molar-refractivity contribution < 1.29 is 14.3 Å². The van der Waals surface area contributed by atoms with Gasteiger partial charge in [-0.2, -0.15) is 0 Å². The molecule has 0 aliphatic carbocycles. The van der Waals surface area contributed by atoms with E-state index in [9.17, 15) is 9.59 Å². The van der Waals surface area contributed by atoms with Crippen LogP contribution < -0.4 is 15.4 Å². The van der Waals surface area contributed by atoms with Crippen molar-refractivity contribution in [2.45, 2.75) is 0 Å². The topological polar surface area (TPSA) is 104 Å². The van der Waals surface area contributed by atoms with E-state index in [-0.39, 0.29) is 6.03 Å². The molecule has 0 unspecified atom stereocenters. The second-order valence-corrected chi connectivity index (χ2v) is 8.21. The van der Waals surface area contributed by atoms with Crippen molar-refractivity contribution in [1.29, 1.82) is 0 Å². The molecule has 1 heterocycles. The van der Waals surface area contributed by atoms with Gasteiger partial charge in [-0.15, -0.1) is 5.10 Å². The van der Waals surface area contributed by atoms with Gasteiger partial charge >= 0.3 is 6.03 Å². The number of primary amides is 1. The summed E-state index contributed by atoms with van der Waals surface area (Å²) in [5.74, 6) is 0.995. The van der Waals surface area contributed by atoms with Crippen molar-refractivity contribution in [3.8, 4) is 11.5 Å². The number of para-hydroxylation sites is 1. The molecule has 0 atom stereocenters. The summed E-state index contributed by atoms with van der Waals surface area (Å²) >= 11 is 0. The number of ether oxygens (including phenoxy) is 1. The van der Waals surface area contributed by atoms with Gasteiger partial charge in [-0.05, 0) is 67.4 Å². The SMILES string of the molecule is C=NC(=NN(C)C(=O)N1CCN(c2ccccc2)CC1)c1ccc(Oc2ccc(C(N)=O)cc2)cc1. The lowest BCUT2D eigenvalue weighted by molar-refractivity contribution is 0.1000. The van der Waals surface area contributed by atoms with Gasteiger partial charge in [-0.3, -0.25) is 4.79 Å². The number of nitrogens with zero attached hydrogens (tertiary/aromatic N) is 5. The van der Waals surface area contributed by atoms with E-state index >= 15 is 0 Å². The molecule has 0 spiro atoms. The van der Waals surface area contributed by atoms with Crippen molar-refractivity contribution >= 4 is 30.2 Å². The van der Waals surface area contributed by atoms with Crippen LogP contribution in [-0.4, -0.2) is 67.6 Å². The van der Waals surface area contributed by atoms with E-state index in [2.05, 4.69) is 33.8 Å². The number of hydrazone groups is 1. The van der Waals surface area contributed by atoms with E-state index in [1.54, 1.807) is 60.5 Å². The number of nitrogens with two attached hydrogens (primary N) is 1. The van der Waals surface area contributed by atoms with Crippen molar-refractivity contribution in [2.24, 2.45) is 15.8 Å². The standard InChI is InChI=1S/C27H28N6O3/c1-29-26(21-10-14-24(15-11-21)36-23-12-8-20(9-13-23)25(28)34)30-31(2)27(35)33-18-16-32(17-19-33)22-6-4-3-5-7-22/h3-15H,1,16-19H2,2H3,(H2,28,34). The molecule has 3 aromatic carbocycles. The van der Waals surface area contributed by atoms with E-state index in [1.807, 2.05) is 18.2 Å². The smallest absolute Gasteiger partial charge is 0.340 e. The van der Waals surface area contributed by atoms with Gasteiger partial charge in [0.2, 0.25) is 5.91 Å². The van der Waals surface area contributed by atoms with E-state index in [0.29, 0.717) is 41.6 Å². The first-order chi connectivity index (χ1) is 17.4. The fourth-order valence-electron chi connectivity index (χ4n) is 3.86. The number of rotatable bonds is 6. The predicted molar refractivity (Wildman–Crippen MR) is 141 cm³/mol. The number of piperazine rings is 1. The maximum atomic E-state index is 13.0. The molecule has 1 aliphatic heterocycles. The van der Waals surface area contributed by atoms with Crippen molar-refractivity contribution in [1.82, 2.24) is 9.91 Å². The molecular weight excluding hydrogens is 456 g/mol. The van der Waals surface area contributed by atoms with Crippen LogP contribution in [0.15, 0.2) is 89.0 Å². The molecule has 0 bridgehead atoms.